The molecule has 6 heteroatoms. The maximum absolute atomic E-state index is 12.3. The third-order valence-corrected chi connectivity index (χ3v) is 3.90. The number of hydrogen-bond acceptors (Lipinski definition) is 3. The molecule has 0 fully saturated rings. The molecule has 2 aromatic heterocycles. The van der Waals surface area contributed by atoms with Gasteiger partial charge in [-0.05, 0) is 46.1 Å². The molecule has 3 rings (SSSR count). The summed E-state index contributed by atoms with van der Waals surface area (Å²) in [5.41, 5.74) is 2.90. The molecule has 0 aliphatic heterocycles. The Labute approximate surface area is 130 Å². The Morgan fingerprint density at radius 3 is 2.76 bits per heavy atom. The fourth-order valence-corrected chi connectivity index (χ4v) is 2.56. The van der Waals surface area contributed by atoms with Crippen LogP contribution in [0.4, 0.5) is 5.69 Å². The minimum absolute atomic E-state index is 0.267. The maximum Gasteiger partial charge on any atom is 0.277 e. The molecule has 1 N–H and O–H groups in total. The Balaban J connectivity index is 1.87. The van der Waals surface area contributed by atoms with Crippen LogP contribution in [-0.4, -0.2) is 20.5 Å². The van der Waals surface area contributed by atoms with E-state index in [2.05, 4.69) is 38.3 Å². The summed E-state index contributed by atoms with van der Waals surface area (Å²) in [4.78, 5) is 16.5. The first-order chi connectivity index (χ1) is 10.2. The van der Waals surface area contributed by atoms with E-state index in [1.165, 1.54) is 5.56 Å². The van der Waals surface area contributed by atoms with E-state index in [9.17, 15) is 4.79 Å². The van der Waals surface area contributed by atoms with E-state index in [1.807, 2.05) is 24.3 Å². The number of carbonyl (C=O) groups is 1. The first-order valence-corrected chi connectivity index (χ1v) is 7.37. The van der Waals surface area contributed by atoms with Crippen LogP contribution in [0.25, 0.3) is 5.65 Å². The van der Waals surface area contributed by atoms with E-state index in [0.717, 1.165) is 12.1 Å². The van der Waals surface area contributed by atoms with Crippen LogP contribution in [0.2, 0.25) is 0 Å². The zero-order valence-corrected chi connectivity index (χ0v) is 13.0. The van der Waals surface area contributed by atoms with Crippen LogP contribution in [0.1, 0.15) is 23.0 Å². The molecule has 3 aromatic rings. The van der Waals surface area contributed by atoms with Gasteiger partial charge in [-0.1, -0.05) is 19.1 Å². The van der Waals surface area contributed by atoms with Gasteiger partial charge < -0.3 is 5.32 Å². The van der Waals surface area contributed by atoms with Crippen molar-refractivity contribution in [3.05, 3.63) is 58.5 Å². The van der Waals surface area contributed by atoms with Gasteiger partial charge in [-0.3, -0.25) is 4.79 Å². The summed E-state index contributed by atoms with van der Waals surface area (Å²) < 4.78 is 2.16. The average Bonchev–Trinajstić information content (AvgIpc) is 2.86. The quantitative estimate of drug-likeness (QED) is 0.792. The van der Waals surface area contributed by atoms with Crippen LogP contribution >= 0.6 is 15.9 Å². The Morgan fingerprint density at radius 1 is 1.33 bits per heavy atom. The molecule has 21 heavy (non-hydrogen) atoms. The lowest BCUT2D eigenvalue weighted by Crippen LogP contribution is -2.13. The number of rotatable bonds is 3. The van der Waals surface area contributed by atoms with Gasteiger partial charge in [0.2, 0.25) is 0 Å². The van der Waals surface area contributed by atoms with E-state index in [0.29, 0.717) is 15.8 Å². The van der Waals surface area contributed by atoms with Crippen molar-refractivity contribution in [1.82, 2.24) is 14.6 Å². The van der Waals surface area contributed by atoms with Crippen LogP contribution < -0.4 is 5.32 Å². The monoisotopic (exact) mass is 344 g/mol. The molecule has 0 unspecified atom stereocenters. The molecule has 0 saturated carbocycles. The minimum atomic E-state index is -0.267. The SMILES string of the molecule is CCc1ccc(NC(=O)c2nn3cccnc3c2Br)cc1. The first-order valence-electron chi connectivity index (χ1n) is 6.58. The second kappa shape index (κ2) is 5.65. The van der Waals surface area contributed by atoms with Crippen molar-refractivity contribution in [2.45, 2.75) is 13.3 Å². The van der Waals surface area contributed by atoms with Gasteiger partial charge in [0.05, 0.1) is 4.47 Å². The first kappa shape index (κ1) is 13.8. The minimum Gasteiger partial charge on any atom is -0.321 e. The molecule has 2 heterocycles. The van der Waals surface area contributed by atoms with Gasteiger partial charge in [0.1, 0.15) is 0 Å². The molecule has 0 aliphatic rings. The van der Waals surface area contributed by atoms with Gasteiger partial charge in [0.25, 0.3) is 5.91 Å². The Hall–Kier alpha value is -2.21. The molecule has 0 aliphatic carbocycles. The molecular weight excluding hydrogens is 332 g/mol. The van der Waals surface area contributed by atoms with Crippen LogP contribution in [0, 0.1) is 0 Å². The normalized spacial score (nSPS) is 10.8. The molecule has 106 valence electrons. The number of aromatic nitrogens is 3. The number of carbonyl (C=O) groups excluding carboxylic acids is 1. The molecule has 1 amide bonds. The highest BCUT2D eigenvalue weighted by atomic mass is 79.9. The van der Waals surface area contributed by atoms with E-state index in [4.69, 9.17) is 0 Å². The Kier molecular flexibility index (Phi) is 3.70. The molecule has 0 bridgehead atoms. The highest BCUT2D eigenvalue weighted by Crippen LogP contribution is 2.21. The second-order valence-corrected chi connectivity index (χ2v) is 5.35. The summed E-state index contributed by atoms with van der Waals surface area (Å²) in [6.45, 7) is 2.09. The molecule has 0 atom stereocenters. The molecule has 1 aromatic carbocycles. The van der Waals surface area contributed by atoms with Gasteiger partial charge in [-0.15, -0.1) is 0 Å². The summed E-state index contributed by atoms with van der Waals surface area (Å²) >= 11 is 3.38. The van der Waals surface area contributed by atoms with Crippen molar-refractivity contribution in [3.63, 3.8) is 0 Å². The van der Waals surface area contributed by atoms with Crippen LogP contribution in [0.3, 0.4) is 0 Å². The number of amides is 1. The van der Waals surface area contributed by atoms with Gasteiger partial charge in [-0.25, -0.2) is 9.50 Å². The number of nitrogens with zero attached hydrogens (tertiary/aromatic N) is 3. The van der Waals surface area contributed by atoms with E-state index in [1.54, 1.807) is 23.0 Å². The largest absolute Gasteiger partial charge is 0.321 e. The third kappa shape index (κ3) is 2.67. The average molecular weight is 345 g/mol. The van der Waals surface area contributed by atoms with E-state index >= 15 is 0 Å². The highest BCUT2D eigenvalue weighted by Gasteiger charge is 2.18. The fourth-order valence-electron chi connectivity index (χ4n) is 2.02. The standard InChI is InChI=1S/C15H13BrN4O/c1-2-10-4-6-11(7-5-10)18-15(21)13-12(16)14-17-8-3-9-20(14)19-13/h3-9H,2H2,1H3,(H,18,21). The predicted octanol–water partition coefficient (Wildman–Crippen LogP) is 3.31. The van der Waals surface area contributed by atoms with Crippen molar-refractivity contribution in [2.75, 3.05) is 5.32 Å². The molecule has 0 radical (unpaired) electrons. The number of fused-ring (bicyclic) bond motifs is 1. The Bertz CT molecular complexity index is 795. The van der Waals surface area contributed by atoms with Gasteiger partial charge in [-0.2, -0.15) is 5.10 Å². The van der Waals surface area contributed by atoms with E-state index < -0.39 is 0 Å². The van der Waals surface area contributed by atoms with Crippen LogP contribution in [0.15, 0.2) is 47.2 Å². The van der Waals surface area contributed by atoms with Crippen molar-refractivity contribution in [1.29, 1.82) is 0 Å². The van der Waals surface area contributed by atoms with Crippen molar-refractivity contribution < 1.29 is 4.79 Å². The fraction of sp³-hybridized carbons (Fsp3) is 0.133. The van der Waals surface area contributed by atoms with Crippen molar-refractivity contribution in [3.8, 4) is 0 Å². The topological polar surface area (TPSA) is 59.3 Å². The number of hydrogen-bond donors (Lipinski definition) is 1. The zero-order valence-electron chi connectivity index (χ0n) is 11.4. The number of benzene rings is 1. The van der Waals surface area contributed by atoms with Crippen LogP contribution in [-0.2, 0) is 6.42 Å². The number of halogens is 1. The summed E-state index contributed by atoms with van der Waals surface area (Å²) in [7, 11) is 0. The van der Waals surface area contributed by atoms with Crippen LogP contribution in [0.5, 0.6) is 0 Å². The van der Waals surface area contributed by atoms with E-state index in [-0.39, 0.29) is 5.91 Å². The lowest BCUT2D eigenvalue weighted by molar-refractivity contribution is 0.102. The molecule has 5 nitrogen and oxygen atoms in total. The lowest BCUT2D eigenvalue weighted by atomic mass is 10.1. The zero-order chi connectivity index (χ0) is 14.8. The highest BCUT2D eigenvalue weighted by molar-refractivity contribution is 9.10. The summed E-state index contributed by atoms with van der Waals surface area (Å²) in [6, 6.07) is 9.53. The van der Waals surface area contributed by atoms with Gasteiger partial charge >= 0.3 is 0 Å². The molecule has 0 spiro atoms. The maximum atomic E-state index is 12.3. The smallest absolute Gasteiger partial charge is 0.277 e. The van der Waals surface area contributed by atoms with Crippen molar-refractivity contribution in [2.24, 2.45) is 0 Å². The Morgan fingerprint density at radius 2 is 2.10 bits per heavy atom. The second-order valence-electron chi connectivity index (χ2n) is 4.56. The summed E-state index contributed by atoms with van der Waals surface area (Å²) in [5.74, 6) is -0.267. The predicted molar refractivity (Wildman–Crippen MR) is 84.5 cm³/mol. The lowest BCUT2D eigenvalue weighted by Gasteiger charge is -2.04. The van der Waals surface area contributed by atoms with Gasteiger partial charge in [0, 0.05) is 18.1 Å². The number of nitrogens with one attached hydrogen (secondary N) is 1. The molecular formula is C15H13BrN4O. The molecule has 0 saturated heterocycles. The summed E-state index contributed by atoms with van der Waals surface area (Å²) in [6.07, 6.45) is 4.38. The van der Waals surface area contributed by atoms with Gasteiger partial charge in [0.15, 0.2) is 11.3 Å². The third-order valence-electron chi connectivity index (χ3n) is 3.17. The summed E-state index contributed by atoms with van der Waals surface area (Å²) in [5, 5.41) is 7.08. The van der Waals surface area contributed by atoms with Crippen molar-refractivity contribution >= 4 is 33.2 Å². The number of aryl methyl sites for hydroxylation is 1. The number of anilines is 1.